The van der Waals surface area contributed by atoms with Gasteiger partial charge in [-0.25, -0.2) is 4.98 Å². The predicted molar refractivity (Wildman–Crippen MR) is 104 cm³/mol. The summed E-state index contributed by atoms with van der Waals surface area (Å²) in [5, 5.41) is 0. The van der Waals surface area contributed by atoms with Crippen LogP contribution in [0.4, 0.5) is 0 Å². The Morgan fingerprint density at radius 1 is 1.00 bits per heavy atom. The molecular formula is C22H24N2O3. The summed E-state index contributed by atoms with van der Waals surface area (Å²) in [6, 6.07) is 20.3. The highest BCUT2D eigenvalue weighted by atomic mass is 16.7. The summed E-state index contributed by atoms with van der Waals surface area (Å²) in [4.78, 5) is 8.27. The van der Waals surface area contributed by atoms with E-state index in [9.17, 15) is 0 Å². The van der Waals surface area contributed by atoms with Gasteiger partial charge in [0.05, 0.1) is 31.2 Å². The van der Waals surface area contributed by atoms with Gasteiger partial charge in [-0.1, -0.05) is 67.6 Å². The van der Waals surface area contributed by atoms with Gasteiger partial charge in [0.2, 0.25) is 6.29 Å². The number of H-pyrrole nitrogens is 1. The lowest BCUT2D eigenvalue weighted by atomic mass is 9.93. The summed E-state index contributed by atoms with van der Waals surface area (Å²) in [6.07, 6.45) is -0.505. The molecule has 2 aromatic carbocycles. The number of imidazole rings is 1. The van der Waals surface area contributed by atoms with Crippen molar-refractivity contribution >= 4 is 0 Å². The molecule has 140 valence electrons. The zero-order valence-corrected chi connectivity index (χ0v) is 15.6. The Bertz CT molecular complexity index is 812. The smallest absolute Gasteiger partial charge is 0.217 e. The Morgan fingerprint density at radius 2 is 1.59 bits per heavy atom. The van der Waals surface area contributed by atoms with Gasteiger partial charge in [0, 0.05) is 23.7 Å². The van der Waals surface area contributed by atoms with E-state index in [0.29, 0.717) is 25.6 Å². The Balaban J connectivity index is 1.66. The number of nitrogens with zero attached hydrogens (tertiary/aromatic N) is 1. The van der Waals surface area contributed by atoms with Crippen LogP contribution >= 0.6 is 0 Å². The van der Waals surface area contributed by atoms with Crippen molar-refractivity contribution in [2.24, 2.45) is 5.41 Å². The molecule has 5 nitrogen and oxygen atoms in total. The van der Waals surface area contributed by atoms with Crippen LogP contribution in [0.15, 0.2) is 60.7 Å². The topological polar surface area (TPSA) is 56.4 Å². The highest BCUT2D eigenvalue weighted by molar-refractivity contribution is 5.78. The van der Waals surface area contributed by atoms with Crippen LogP contribution in [0.2, 0.25) is 0 Å². The molecule has 0 aliphatic carbocycles. The fraction of sp³-hybridized carbons (Fsp3) is 0.318. The molecule has 1 aliphatic heterocycles. The molecule has 5 heteroatoms. The monoisotopic (exact) mass is 364 g/mol. The number of aromatic nitrogens is 2. The van der Waals surface area contributed by atoms with Crippen molar-refractivity contribution < 1.29 is 14.2 Å². The predicted octanol–water partition coefficient (Wildman–Crippen LogP) is 4.44. The molecule has 0 radical (unpaired) electrons. The standard InChI is InChI=1S/C22H24N2O3/c1-22(13-25-2)14-26-21(27-15-22)20-23-18(16-9-5-3-6-10-16)19(24-20)17-11-7-4-8-12-17/h3-12,21H,13-15H2,1-2H3,(H,23,24). The Hall–Kier alpha value is -2.47. The molecule has 0 spiro atoms. The summed E-state index contributed by atoms with van der Waals surface area (Å²) in [7, 11) is 1.70. The summed E-state index contributed by atoms with van der Waals surface area (Å²) < 4.78 is 17.2. The van der Waals surface area contributed by atoms with E-state index < -0.39 is 6.29 Å². The first-order valence-corrected chi connectivity index (χ1v) is 9.11. The lowest BCUT2D eigenvalue weighted by Gasteiger charge is -2.35. The van der Waals surface area contributed by atoms with Crippen LogP contribution in [0.25, 0.3) is 22.5 Å². The quantitative estimate of drug-likeness (QED) is 0.727. The Morgan fingerprint density at radius 3 is 2.19 bits per heavy atom. The number of nitrogens with one attached hydrogen (secondary N) is 1. The van der Waals surface area contributed by atoms with Crippen LogP contribution in [0.3, 0.4) is 0 Å². The van der Waals surface area contributed by atoms with Crippen LogP contribution in [0.5, 0.6) is 0 Å². The molecule has 0 saturated carbocycles. The summed E-state index contributed by atoms with van der Waals surface area (Å²) in [5.41, 5.74) is 3.86. The van der Waals surface area contributed by atoms with Gasteiger partial charge in [0.15, 0.2) is 5.82 Å². The first-order chi connectivity index (χ1) is 13.2. The Labute approximate surface area is 159 Å². The molecule has 0 bridgehead atoms. The van der Waals surface area contributed by atoms with Crippen LogP contribution in [-0.2, 0) is 14.2 Å². The minimum Gasteiger partial charge on any atom is -0.384 e. The fourth-order valence-corrected chi connectivity index (χ4v) is 3.36. The van der Waals surface area contributed by atoms with Gasteiger partial charge in [-0.3, -0.25) is 0 Å². The highest BCUT2D eigenvalue weighted by Crippen LogP contribution is 2.35. The molecule has 1 fully saturated rings. The van der Waals surface area contributed by atoms with Crippen molar-refractivity contribution in [3.05, 3.63) is 66.5 Å². The van der Waals surface area contributed by atoms with Crippen LogP contribution in [0.1, 0.15) is 19.0 Å². The molecule has 1 N–H and O–H groups in total. The van der Waals surface area contributed by atoms with Crippen molar-refractivity contribution in [2.75, 3.05) is 26.9 Å². The maximum absolute atomic E-state index is 5.98. The van der Waals surface area contributed by atoms with Gasteiger partial charge in [0.25, 0.3) is 0 Å². The first-order valence-electron chi connectivity index (χ1n) is 9.11. The normalized spacial score (nSPS) is 22.7. The molecule has 1 aliphatic rings. The van der Waals surface area contributed by atoms with Gasteiger partial charge in [-0.2, -0.15) is 0 Å². The molecular weight excluding hydrogens is 340 g/mol. The minimum absolute atomic E-state index is 0.137. The van der Waals surface area contributed by atoms with E-state index in [-0.39, 0.29) is 5.41 Å². The van der Waals surface area contributed by atoms with E-state index in [1.165, 1.54) is 0 Å². The van der Waals surface area contributed by atoms with Gasteiger partial charge in [-0.15, -0.1) is 0 Å². The number of hydrogen-bond donors (Lipinski definition) is 1. The lowest BCUT2D eigenvalue weighted by Crippen LogP contribution is -2.39. The van der Waals surface area contributed by atoms with Crippen LogP contribution < -0.4 is 0 Å². The van der Waals surface area contributed by atoms with Crippen molar-refractivity contribution in [3.63, 3.8) is 0 Å². The SMILES string of the molecule is COCC1(C)COC(c2nc(-c3ccccc3)c(-c3ccccc3)[nH]2)OC1. The number of rotatable bonds is 5. The minimum atomic E-state index is -0.505. The van der Waals surface area contributed by atoms with E-state index in [4.69, 9.17) is 19.2 Å². The van der Waals surface area contributed by atoms with Gasteiger partial charge in [0.1, 0.15) is 0 Å². The first kappa shape index (κ1) is 17.9. The van der Waals surface area contributed by atoms with E-state index in [2.05, 4.69) is 36.2 Å². The van der Waals surface area contributed by atoms with Gasteiger partial charge in [-0.05, 0) is 0 Å². The van der Waals surface area contributed by atoms with Crippen molar-refractivity contribution in [1.29, 1.82) is 0 Å². The van der Waals surface area contributed by atoms with Gasteiger partial charge < -0.3 is 19.2 Å². The van der Waals surface area contributed by atoms with Crippen LogP contribution in [0, 0.1) is 5.41 Å². The average molecular weight is 364 g/mol. The maximum Gasteiger partial charge on any atom is 0.217 e. The van der Waals surface area contributed by atoms with Crippen LogP contribution in [-0.4, -0.2) is 36.9 Å². The molecule has 1 saturated heterocycles. The second-order valence-corrected chi connectivity index (χ2v) is 7.28. The highest BCUT2D eigenvalue weighted by Gasteiger charge is 2.35. The molecule has 0 amide bonds. The van der Waals surface area contributed by atoms with E-state index in [1.807, 2.05) is 36.4 Å². The molecule has 4 rings (SSSR count). The largest absolute Gasteiger partial charge is 0.384 e. The van der Waals surface area contributed by atoms with Crippen molar-refractivity contribution in [3.8, 4) is 22.5 Å². The zero-order valence-electron chi connectivity index (χ0n) is 15.6. The summed E-state index contributed by atoms with van der Waals surface area (Å²) in [6.45, 7) is 3.82. The number of ether oxygens (including phenoxy) is 3. The number of benzene rings is 2. The zero-order chi connectivity index (χ0) is 18.7. The van der Waals surface area contributed by atoms with Crippen molar-refractivity contribution in [1.82, 2.24) is 9.97 Å². The molecule has 2 heterocycles. The second kappa shape index (κ2) is 7.64. The van der Waals surface area contributed by atoms with E-state index >= 15 is 0 Å². The van der Waals surface area contributed by atoms with E-state index in [1.54, 1.807) is 7.11 Å². The average Bonchev–Trinajstić information content (AvgIpc) is 3.15. The molecule has 3 aromatic rings. The number of hydrogen-bond acceptors (Lipinski definition) is 4. The molecule has 0 unspecified atom stereocenters. The molecule has 27 heavy (non-hydrogen) atoms. The second-order valence-electron chi connectivity index (χ2n) is 7.28. The molecule has 0 atom stereocenters. The van der Waals surface area contributed by atoms with E-state index in [0.717, 1.165) is 22.5 Å². The third kappa shape index (κ3) is 3.81. The lowest BCUT2D eigenvalue weighted by molar-refractivity contribution is -0.241. The number of aromatic amines is 1. The third-order valence-corrected chi connectivity index (χ3v) is 4.71. The Kier molecular flexibility index (Phi) is 5.07. The van der Waals surface area contributed by atoms with Crippen molar-refractivity contribution in [2.45, 2.75) is 13.2 Å². The maximum atomic E-state index is 5.98. The number of methoxy groups -OCH3 is 1. The summed E-state index contributed by atoms with van der Waals surface area (Å²) in [5.74, 6) is 0.687. The van der Waals surface area contributed by atoms with Gasteiger partial charge >= 0.3 is 0 Å². The third-order valence-electron chi connectivity index (χ3n) is 4.71. The summed E-state index contributed by atoms with van der Waals surface area (Å²) >= 11 is 0. The fourth-order valence-electron chi connectivity index (χ4n) is 3.36. The molecule has 1 aromatic heterocycles.